The highest BCUT2D eigenvalue weighted by molar-refractivity contribution is 6.31. The average molecular weight is 385 g/mol. The Kier molecular flexibility index (Phi) is 5.73. The van der Waals surface area contributed by atoms with Crippen molar-refractivity contribution in [1.82, 2.24) is 10.2 Å². The van der Waals surface area contributed by atoms with E-state index in [1.807, 2.05) is 6.07 Å². The van der Waals surface area contributed by atoms with E-state index in [1.54, 1.807) is 55.6 Å². The molecule has 0 radical (unpaired) electrons. The van der Waals surface area contributed by atoms with E-state index in [1.165, 1.54) is 7.11 Å². The molecule has 1 aromatic heterocycles. The Bertz CT molecular complexity index is 948. The molecule has 0 aliphatic rings. The summed E-state index contributed by atoms with van der Waals surface area (Å²) in [5, 5.41) is 14.4. The van der Waals surface area contributed by atoms with Crippen LogP contribution in [0.15, 0.2) is 54.6 Å². The van der Waals surface area contributed by atoms with Gasteiger partial charge in [0.25, 0.3) is 5.91 Å². The van der Waals surface area contributed by atoms with Gasteiger partial charge in [-0.2, -0.15) is 0 Å². The van der Waals surface area contributed by atoms with Gasteiger partial charge in [0.15, 0.2) is 11.5 Å². The van der Waals surface area contributed by atoms with Crippen LogP contribution >= 0.6 is 11.6 Å². The molecule has 0 saturated carbocycles. The minimum Gasteiger partial charge on any atom is -0.495 e. The summed E-state index contributed by atoms with van der Waals surface area (Å²) in [7, 11) is 3.10. The molecule has 27 heavy (non-hydrogen) atoms. The van der Waals surface area contributed by atoms with Crippen LogP contribution in [0, 0.1) is 0 Å². The van der Waals surface area contributed by atoms with E-state index < -0.39 is 0 Å². The van der Waals surface area contributed by atoms with Gasteiger partial charge in [-0.05, 0) is 42.5 Å². The summed E-state index contributed by atoms with van der Waals surface area (Å²) in [5.41, 5.74) is 1.37. The van der Waals surface area contributed by atoms with Gasteiger partial charge in [-0.25, -0.2) is 0 Å². The summed E-state index contributed by atoms with van der Waals surface area (Å²) < 4.78 is 10.5. The number of carbonyl (C=O) groups excluding carboxylic acids is 1. The molecule has 8 heteroatoms. The number of benzene rings is 2. The number of hydrogen-bond acceptors (Lipinski definition) is 6. The van der Waals surface area contributed by atoms with Crippen LogP contribution in [0.3, 0.4) is 0 Å². The summed E-state index contributed by atoms with van der Waals surface area (Å²) in [6.07, 6.45) is 0. The third kappa shape index (κ3) is 4.45. The Hall–Kier alpha value is -3.32. The fraction of sp³-hybridized carbons (Fsp3) is 0.105. The van der Waals surface area contributed by atoms with E-state index in [0.29, 0.717) is 33.7 Å². The second-order valence-electron chi connectivity index (χ2n) is 5.43. The van der Waals surface area contributed by atoms with Crippen molar-refractivity contribution in [3.63, 3.8) is 0 Å². The van der Waals surface area contributed by atoms with Gasteiger partial charge in [0.2, 0.25) is 0 Å². The van der Waals surface area contributed by atoms with Gasteiger partial charge in [0.1, 0.15) is 11.5 Å². The number of aromatic nitrogens is 2. The van der Waals surface area contributed by atoms with Crippen molar-refractivity contribution in [2.24, 2.45) is 0 Å². The number of para-hydroxylation sites is 2. The first kappa shape index (κ1) is 18.5. The summed E-state index contributed by atoms with van der Waals surface area (Å²) in [4.78, 5) is 12.4. The van der Waals surface area contributed by atoms with Crippen molar-refractivity contribution in [3.05, 3.63) is 65.3 Å². The van der Waals surface area contributed by atoms with Crippen molar-refractivity contribution in [2.45, 2.75) is 0 Å². The van der Waals surface area contributed by atoms with E-state index in [-0.39, 0.29) is 11.6 Å². The highest BCUT2D eigenvalue weighted by Crippen LogP contribution is 2.29. The van der Waals surface area contributed by atoms with E-state index in [9.17, 15) is 4.79 Å². The van der Waals surface area contributed by atoms with Crippen LogP contribution in [0.25, 0.3) is 0 Å². The van der Waals surface area contributed by atoms with Crippen LogP contribution in [0.2, 0.25) is 5.02 Å². The van der Waals surface area contributed by atoms with E-state index in [2.05, 4.69) is 20.8 Å². The number of methoxy groups -OCH3 is 2. The lowest BCUT2D eigenvalue weighted by Crippen LogP contribution is -2.15. The number of amides is 1. The monoisotopic (exact) mass is 384 g/mol. The minimum absolute atomic E-state index is 0.171. The Morgan fingerprint density at radius 1 is 0.926 bits per heavy atom. The highest BCUT2D eigenvalue weighted by atomic mass is 35.5. The van der Waals surface area contributed by atoms with Crippen molar-refractivity contribution in [3.8, 4) is 11.5 Å². The Labute approximate surface area is 161 Å². The lowest BCUT2D eigenvalue weighted by Gasteiger charge is -2.11. The van der Waals surface area contributed by atoms with Gasteiger partial charge in [0, 0.05) is 5.02 Å². The summed E-state index contributed by atoms with van der Waals surface area (Å²) in [6.45, 7) is 0. The molecule has 0 aliphatic carbocycles. The SMILES string of the molecule is COc1ccccc1NC(=O)c1ccc(Nc2cc(Cl)ccc2OC)nn1. The molecule has 1 amide bonds. The lowest BCUT2D eigenvalue weighted by atomic mass is 10.2. The first-order chi connectivity index (χ1) is 13.1. The molecule has 0 saturated heterocycles. The number of nitrogens with zero attached hydrogens (tertiary/aromatic N) is 2. The molecule has 2 N–H and O–H groups in total. The number of ether oxygens (including phenoxy) is 2. The van der Waals surface area contributed by atoms with Gasteiger partial charge >= 0.3 is 0 Å². The molecule has 0 atom stereocenters. The molecule has 3 rings (SSSR count). The largest absolute Gasteiger partial charge is 0.495 e. The maximum atomic E-state index is 12.4. The molecule has 3 aromatic rings. The number of rotatable bonds is 6. The van der Waals surface area contributed by atoms with E-state index in [4.69, 9.17) is 21.1 Å². The van der Waals surface area contributed by atoms with Crippen LogP contribution < -0.4 is 20.1 Å². The fourth-order valence-electron chi connectivity index (χ4n) is 2.37. The second-order valence-corrected chi connectivity index (χ2v) is 5.86. The maximum absolute atomic E-state index is 12.4. The van der Waals surface area contributed by atoms with Crippen molar-refractivity contribution in [1.29, 1.82) is 0 Å². The highest BCUT2D eigenvalue weighted by Gasteiger charge is 2.12. The van der Waals surface area contributed by atoms with Crippen LogP contribution in [-0.2, 0) is 0 Å². The van der Waals surface area contributed by atoms with Crippen LogP contribution in [0.1, 0.15) is 10.5 Å². The number of hydrogen-bond donors (Lipinski definition) is 2. The molecule has 0 bridgehead atoms. The first-order valence-electron chi connectivity index (χ1n) is 7.99. The molecule has 1 heterocycles. The first-order valence-corrected chi connectivity index (χ1v) is 8.37. The number of nitrogens with one attached hydrogen (secondary N) is 2. The smallest absolute Gasteiger partial charge is 0.276 e. The zero-order valence-electron chi connectivity index (χ0n) is 14.7. The molecule has 7 nitrogen and oxygen atoms in total. The quantitative estimate of drug-likeness (QED) is 0.664. The van der Waals surface area contributed by atoms with Gasteiger partial charge in [0.05, 0.1) is 25.6 Å². The molecular formula is C19H17ClN4O3. The van der Waals surface area contributed by atoms with Gasteiger partial charge < -0.3 is 20.1 Å². The topological polar surface area (TPSA) is 85.4 Å². The van der Waals surface area contributed by atoms with Gasteiger partial charge in [-0.15, -0.1) is 10.2 Å². The van der Waals surface area contributed by atoms with E-state index in [0.717, 1.165) is 0 Å². The fourth-order valence-corrected chi connectivity index (χ4v) is 2.54. The van der Waals surface area contributed by atoms with Crippen molar-refractivity contribution < 1.29 is 14.3 Å². The normalized spacial score (nSPS) is 10.2. The molecule has 0 aliphatic heterocycles. The maximum Gasteiger partial charge on any atom is 0.276 e. The Balaban J connectivity index is 1.73. The zero-order valence-corrected chi connectivity index (χ0v) is 15.4. The van der Waals surface area contributed by atoms with Crippen molar-refractivity contribution in [2.75, 3.05) is 24.9 Å². The summed E-state index contributed by atoms with van der Waals surface area (Å²) >= 11 is 6.01. The zero-order chi connectivity index (χ0) is 19.2. The van der Waals surface area contributed by atoms with Crippen molar-refractivity contribution >= 4 is 34.7 Å². The number of halogens is 1. The average Bonchev–Trinajstić information content (AvgIpc) is 2.69. The predicted molar refractivity (Wildman–Crippen MR) is 104 cm³/mol. The molecule has 0 spiro atoms. The molecule has 0 fully saturated rings. The third-order valence-electron chi connectivity index (χ3n) is 3.68. The van der Waals surface area contributed by atoms with Crippen LogP contribution in [0.5, 0.6) is 11.5 Å². The summed E-state index contributed by atoms with van der Waals surface area (Å²) in [6, 6.07) is 15.5. The molecule has 2 aromatic carbocycles. The van der Waals surface area contributed by atoms with Crippen LogP contribution in [-0.4, -0.2) is 30.3 Å². The molecular weight excluding hydrogens is 368 g/mol. The Morgan fingerprint density at radius 2 is 1.67 bits per heavy atom. The third-order valence-corrected chi connectivity index (χ3v) is 3.91. The van der Waals surface area contributed by atoms with Crippen LogP contribution in [0.4, 0.5) is 17.2 Å². The minimum atomic E-state index is -0.390. The van der Waals surface area contributed by atoms with Gasteiger partial charge in [-0.3, -0.25) is 4.79 Å². The predicted octanol–water partition coefficient (Wildman–Crippen LogP) is 4.14. The summed E-state index contributed by atoms with van der Waals surface area (Å²) in [5.74, 6) is 1.23. The standard InChI is InChI=1S/C19H17ClN4O3/c1-26-16-6-4-3-5-13(16)22-19(25)14-8-10-18(24-23-14)21-15-11-12(20)7-9-17(15)27-2/h3-11H,1-2H3,(H,21,24)(H,22,25). The van der Waals surface area contributed by atoms with Gasteiger partial charge in [-0.1, -0.05) is 23.7 Å². The molecule has 138 valence electrons. The second kappa shape index (κ2) is 8.37. The lowest BCUT2D eigenvalue weighted by molar-refractivity contribution is 0.102. The number of carbonyl (C=O) groups is 1. The number of anilines is 3. The van der Waals surface area contributed by atoms with E-state index >= 15 is 0 Å². The Morgan fingerprint density at radius 3 is 2.37 bits per heavy atom. The molecule has 0 unspecified atom stereocenters.